The van der Waals surface area contributed by atoms with E-state index in [-0.39, 0.29) is 11.7 Å². The van der Waals surface area contributed by atoms with Crippen LogP contribution in [0, 0.1) is 5.82 Å². The molecular weight excluding hydrogens is 207 g/mol. The zero-order valence-corrected chi connectivity index (χ0v) is 9.18. The minimum absolute atomic E-state index is 0.134. The molecule has 0 saturated carbocycles. The average molecular weight is 220 g/mol. The van der Waals surface area contributed by atoms with Gasteiger partial charge in [0, 0.05) is 0 Å². The Morgan fingerprint density at radius 1 is 1.31 bits per heavy atom. The largest absolute Gasteiger partial charge is 0.381 e. The highest BCUT2D eigenvalue weighted by molar-refractivity contribution is 5.42. The number of halogens is 1. The van der Waals surface area contributed by atoms with E-state index in [9.17, 15) is 4.39 Å². The van der Waals surface area contributed by atoms with Crippen molar-refractivity contribution >= 4 is 5.82 Å². The number of rotatable bonds is 2. The fraction of sp³-hybridized carbons (Fsp3) is 0.273. The molecule has 84 valence electrons. The van der Waals surface area contributed by atoms with Gasteiger partial charge >= 0.3 is 0 Å². The van der Waals surface area contributed by atoms with Crippen molar-refractivity contribution in [3.8, 4) is 5.69 Å². The van der Waals surface area contributed by atoms with Crippen molar-refractivity contribution in [3.05, 3.63) is 35.8 Å². The van der Waals surface area contributed by atoms with Crippen molar-refractivity contribution in [1.29, 1.82) is 0 Å². The van der Waals surface area contributed by atoms with Crippen LogP contribution in [0.2, 0.25) is 0 Å². The Balaban J connectivity index is 2.61. The third kappa shape index (κ3) is 1.64. The molecule has 1 heterocycles. The molecule has 0 aliphatic rings. The summed E-state index contributed by atoms with van der Waals surface area (Å²) in [4.78, 5) is 0. The van der Waals surface area contributed by atoms with Gasteiger partial charge < -0.3 is 5.73 Å². The lowest BCUT2D eigenvalue weighted by Crippen LogP contribution is -2.07. The number of hydrogen-bond acceptors (Lipinski definition) is 3. The number of nitrogen functional groups attached to an aromatic ring is 1. The van der Waals surface area contributed by atoms with E-state index in [4.69, 9.17) is 5.73 Å². The van der Waals surface area contributed by atoms with Crippen molar-refractivity contribution in [2.24, 2.45) is 0 Å². The molecule has 0 bridgehead atoms. The van der Waals surface area contributed by atoms with E-state index in [0.717, 1.165) is 5.69 Å². The normalized spacial score (nSPS) is 11.0. The number of para-hydroxylation sites is 1. The van der Waals surface area contributed by atoms with Crippen LogP contribution in [0.15, 0.2) is 24.3 Å². The minimum atomic E-state index is -0.339. The van der Waals surface area contributed by atoms with E-state index in [1.54, 1.807) is 18.2 Å². The van der Waals surface area contributed by atoms with Crippen LogP contribution in [0.5, 0.6) is 0 Å². The molecule has 2 aromatic rings. The standard InChI is InChI=1S/C11H13FN4/c1-7(2)10-11(13)14-15-16(10)9-6-4-3-5-8(9)12/h3-7H,13H2,1-2H3. The predicted octanol–water partition coefficient (Wildman–Crippen LogP) is 2.11. The first-order chi connectivity index (χ1) is 7.61. The van der Waals surface area contributed by atoms with Gasteiger partial charge in [0.2, 0.25) is 0 Å². The monoisotopic (exact) mass is 220 g/mol. The van der Waals surface area contributed by atoms with Gasteiger partial charge in [0.25, 0.3) is 0 Å². The second kappa shape index (κ2) is 3.92. The summed E-state index contributed by atoms with van der Waals surface area (Å²) in [6.07, 6.45) is 0. The van der Waals surface area contributed by atoms with Crippen molar-refractivity contribution in [2.45, 2.75) is 19.8 Å². The first-order valence-corrected chi connectivity index (χ1v) is 5.07. The van der Waals surface area contributed by atoms with Crippen LogP contribution in [0.4, 0.5) is 10.2 Å². The quantitative estimate of drug-likeness (QED) is 0.843. The topological polar surface area (TPSA) is 56.7 Å². The number of benzene rings is 1. The summed E-state index contributed by atoms with van der Waals surface area (Å²) in [5.74, 6) is 0.141. The first kappa shape index (κ1) is 10.6. The summed E-state index contributed by atoms with van der Waals surface area (Å²) in [6.45, 7) is 3.93. The Labute approximate surface area is 92.9 Å². The summed E-state index contributed by atoms with van der Waals surface area (Å²) in [7, 11) is 0. The molecule has 5 heteroatoms. The fourth-order valence-electron chi connectivity index (χ4n) is 1.64. The van der Waals surface area contributed by atoms with Crippen LogP contribution >= 0.6 is 0 Å². The molecule has 0 saturated heterocycles. The molecule has 0 aliphatic heterocycles. The second-order valence-corrected chi connectivity index (χ2v) is 3.88. The van der Waals surface area contributed by atoms with E-state index in [2.05, 4.69) is 10.3 Å². The molecule has 0 radical (unpaired) electrons. The third-order valence-corrected chi connectivity index (χ3v) is 2.36. The van der Waals surface area contributed by atoms with Gasteiger partial charge in [0.1, 0.15) is 11.5 Å². The highest BCUT2D eigenvalue weighted by Gasteiger charge is 2.16. The smallest absolute Gasteiger partial charge is 0.169 e. The van der Waals surface area contributed by atoms with Crippen molar-refractivity contribution in [1.82, 2.24) is 15.0 Å². The predicted molar refractivity (Wildman–Crippen MR) is 59.8 cm³/mol. The zero-order valence-electron chi connectivity index (χ0n) is 9.18. The Morgan fingerprint density at radius 2 is 2.00 bits per heavy atom. The fourth-order valence-corrected chi connectivity index (χ4v) is 1.64. The van der Waals surface area contributed by atoms with Gasteiger partial charge in [-0.1, -0.05) is 31.2 Å². The SMILES string of the molecule is CC(C)c1c(N)nnn1-c1ccccc1F. The van der Waals surface area contributed by atoms with E-state index < -0.39 is 0 Å². The molecule has 16 heavy (non-hydrogen) atoms. The molecule has 0 aliphatic carbocycles. The van der Waals surface area contributed by atoms with E-state index in [1.165, 1.54) is 10.7 Å². The van der Waals surface area contributed by atoms with Crippen LogP contribution in [0.3, 0.4) is 0 Å². The highest BCUT2D eigenvalue weighted by Crippen LogP contribution is 2.23. The summed E-state index contributed by atoms with van der Waals surface area (Å²) in [5, 5.41) is 7.65. The molecule has 1 aromatic heterocycles. The second-order valence-electron chi connectivity index (χ2n) is 3.88. The molecule has 1 aromatic carbocycles. The summed E-state index contributed by atoms with van der Waals surface area (Å²) in [5.41, 5.74) is 6.81. The molecule has 2 rings (SSSR count). The summed E-state index contributed by atoms with van der Waals surface area (Å²) >= 11 is 0. The maximum Gasteiger partial charge on any atom is 0.169 e. The number of nitrogens with zero attached hydrogens (tertiary/aromatic N) is 3. The molecule has 0 atom stereocenters. The molecule has 0 unspecified atom stereocenters. The van der Waals surface area contributed by atoms with E-state index >= 15 is 0 Å². The Kier molecular flexibility index (Phi) is 2.60. The van der Waals surface area contributed by atoms with Gasteiger partial charge in [-0.3, -0.25) is 0 Å². The number of aromatic nitrogens is 3. The zero-order chi connectivity index (χ0) is 11.7. The summed E-state index contributed by atoms with van der Waals surface area (Å²) < 4.78 is 15.1. The van der Waals surface area contributed by atoms with Crippen molar-refractivity contribution in [2.75, 3.05) is 5.73 Å². The van der Waals surface area contributed by atoms with Crippen LogP contribution in [0.25, 0.3) is 5.69 Å². The maximum atomic E-state index is 13.6. The molecule has 4 nitrogen and oxygen atoms in total. The van der Waals surface area contributed by atoms with Gasteiger partial charge in [0.05, 0.1) is 5.69 Å². The van der Waals surface area contributed by atoms with Crippen LogP contribution in [0.1, 0.15) is 25.5 Å². The Hall–Kier alpha value is -1.91. The van der Waals surface area contributed by atoms with Gasteiger partial charge in [0.15, 0.2) is 5.82 Å². The lowest BCUT2D eigenvalue weighted by Gasteiger charge is -2.09. The Morgan fingerprint density at radius 3 is 2.62 bits per heavy atom. The number of hydrogen-bond donors (Lipinski definition) is 1. The first-order valence-electron chi connectivity index (χ1n) is 5.07. The van der Waals surface area contributed by atoms with Gasteiger partial charge in [-0.15, -0.1) is 5.10 Å². The van der Waals surface area contributed by atoms with Crippen molar-refractivity contribution < 1.29 is 4.39 Å². The number of nitrogens with two attached hydrogens (primary N) is 1. The molecule has 0 fully saturated rings. The number of anilines is 1. The molecular formula is C11H13FN4. The molecule has 2 N–H and O–H groups in total. The third-order valence-electron chi connectivity index (χ3n) is 2.36. The van der Waals surface area contributed by atoms with E-state index in [0.29, 0.717) is 11.5 Å². The van der Waals surface area contributed by atoms with Gasteiger partial charge in [-0.05, 0) is 18.1 Å². The van der Waals surface area contributed by atoms with Crippen LogP contribution in [-0.2, 0) is 0 Å². The van der Waals surface area contributed by atoms with Gasteiger partial charge in [-0.25, -0.2) is 9.07 Å². The Bertz CT molecular complexity index is 504. The highest BCUT2D eigenvalue weighted by atomic mass is 19.1. The molecule has 0 amide bonds. The maximum absolute atomic E-state index is 13.6. The lowest BCUT2D eigenvalue weighted by molar-refractivity contribution is 0.598. The average Bonchev–Trinajstić information content (AvgIpc) is 2.61. The molecule has 0 spiro atoms. The van der Waals surface area contributed by atoms with Crippen LogP contribution in [-0.4, -0.2) is 15.0 Å². The van der Waals surface area contributed by atoms with Gasteiger partial charge in [-0.2, -0.15) is 0 Å². The lowest BCUT2D eigenvalue weighted by atomic mass is 10.1. The van der Waals surface area contributed by atoms with E-state index in [1.807, 2.05) is 13.8 Å². The summed E-state index contributed by atoms with van der Waals surface area (Å²) in [6, 6.07) is 6.42. The van der Waals surface area contributed by atoms with Crippen molar-refractivity contribution in [3.63, 3.8) is 0 Å². The minimum Gasteiger partial charge on any atom is -0.381 e. The van der Waals surface area contributed by atoms with Crippen LogP contribution < -0.4 is 5.73 Å².